The number of aromatic nitrogens is 1. The normalized spacial score (nSPS) is 12.1. The number of hydrogen-bond acceptors (Lipinski definition) is 1. The van der Waals surface area contributed by atoms with Crippen molar-refractivity contribution in [3.05, 3.63) is 41.1 Å². The largest absolute Gasteiger partial charge is 0.252 e. The fourth-order valence-corrected chi connectivity index (χ4v) is 2.51. The van der Waals surface area contributed by atoms with E-state index in [0.717, 1.165) is 5.52 Å². The van der Waals surface area contributed by atoms with Crippen LogP contribution in [-0.2, 0) is 0 Å². The lowest BCUT2D eigenvalue weighted by Crippen LogP contribution is -2.02. The van der Waals surface area contributed by atoms with Crippen molar-refractivity contribution in [2.75, 3.05) is 0 Å². The zero-order valence-corrected chi connectivity index (χ0v) is 13.0. The summed E-state index contributed by atoms with van der Waals surface area (Å²) in [5, 5.41) is 1.28. The van der Waals surface area contributed by atoms with Crippen LogP contribution >= 0.6 is 0 Å². The van der Waals surface area contributed by atoms with Crippen LogP contribution in [0.2, 0.25) is 0 Å². The Kier molecular flexibility index (Phi) is 3.93. The molecule has 0 saturated carbocycles. The van der Waals surface area contributed by atoms with Gasteiger partial charge in [-0.2, -0.15) is 0 Å². The molecule has 0 unspecified atom stereocenters. The van der Waals surface area contributed by atoms with Gasteiger partial charge in [-0.15, -0.1) is 0 Å². The lowest BCUT2D eigenvalue weighted by molar-refractivity contribution is 0.764. The lowest BCUT2D eigenvalue weighted by Gasteiger charge is -2.17. The number of fused-ring (bicyclic) bond motifs is 1. The van der Waals surface area contributed by atoms with Crippen molar-refractivity contribution in [1.82, 2.24) is 4.98 Å². The van der Waals surface area contributed by atoms with Gasteiger partial charge >= 0.3 is 0 Å². The van der Waals surface area contributed by atoms with Gasteiger partial charge in [0, 0.05) is 11.1 Å². The third-order valence-corrected chi connectivity index (χ3v) is 3.73. The maximum Gasteiger partial charge on any atom is 0.0705 e. The molecular formula is C18H25N. The quantitative estimate of drug-likeness (QED) is 0.695. The third-order valence-electron chi connectivity index (χ3n) is 3.73. The molecule has 2 aromatic rings. The van der Waals surface area contributed by atoms with Crippen molar-refractivity contribution in [2.24, 2.45) is 0 Å². The maximum absolute atomic E-state index is 4.90. The second-order valence-corrected chi connectivity index (χ2v) is 6.38. The topological polar surface area (TPSA) is 12.9 Å². The molecule has 1 heterocycles. The summed E-state index contributed by atoms with van der Waals surface area (Å²) in [5.74, 6) is 1.57. The molecule has 1 aromatic heterocycles. The summed E-state index contributed by atoms with van der Waals surface area (Å²) in [5.41, 5.74) is 5.15. The summed E-state index contributed by atoms with van der Waals surface area (Å²) in [6.45, 7) is 13.4. The predicted octanol–water partition coefficient (Wildman–Crippen LogP) is 5.61. The highest BCUT2D eigenvalue weighted by Gasteiger charge is 2.13. The van der Waals surface area contributed by atoms with Gasteiger partial charge in [0.15, 0.2) is 0 Å². The smallest absolute Gasteiger partial charge is 0.0705 e. The number of pyridine rings is 1. The minimum Gasteiger partial charge on any atom is -0.252 e. The fourth-order valence-electron chi connectivity index (χ4n) is 2.51. The van der Waals surface area contributed by atoms with E-state index in [2.05, 4.69) is 65.8 Å². The van der Waals surface area contributed by atoms with Crippen molar-refractivity contribution in [1.29, 1.82) is 0 Å². The zero-order valence-electron chi connectivity index (χ0n) is 13.0. The molecule has 1 aromatic carbocycles. The molecule has 0 amide bonds. The molecule has 0 aliphatic carbocycles. The van der Waals surface area contributed by atoms with Gasteiger partial charge in [-0.25, -0.2) is 0 Å². The second kappa shape index (κ2) is 5.32. The highest BCUT2D eigenvalue weighted by atomic mass is 14.7. The summed E-state index contributed by atoms with van der Waals surface area (Å²) in [7, 11) is 0. The zero-order chi connectivity index (χ0) is 14.2. The summed E-state index contributed by atoms with van der Waals surface area (Å²) >= 11 is 0. The van der Waals surface area contributed by atoms with E-state index < -0.39 is 0 Å². The Labute approximate surface area is 117 Å². The van der Waals surface area contributed by atoms with E-state index in [1.807, 2.05) is 0 Å². The van der Waals surface area contributed by atoms with E-state index in [0.29, 0.717) is 17.8 Å². The van der Waals surface area contributed by atoms with E-state index >= 15 is 0 Å². The van der Waals surface area contributed by atoms with Gasteiger partial charge in [-0.1, -0.05) is 47.6 Å². The Morgan fingerprint density at radius 3 is 2.00 bits per heavy atom. The van der Waals surface area contributed by atoms with Crippen molar-refractivity contribution in [2.45, 2.75) is 59.3 Å². The highest BCUT2D eigenvalue weighted by Crippen LogP contribution is 2.29. The van der Waals surface area contributed by atoms with Crippen LogP contribution in [0.25, 0.3) is 10.9 Å². The maximum atomic E-state index is 4.90. The Hall–Kier alpha value is -1.37. The number of nitrogens with zero attached hydrogens (tertiary/aromatic N) is 1. The van der Waals surface area contributed by atoms with E-state index in [1.165, 1.54) is 22.2 Å². The average molecular weight is 255 g/mol. The first-order valence-corrected chi connectivity index (χ1v) is 7.34. The summed E-state index contributed by atoms with van der Waals surface area (Å²) < 4.78 is 0. The summed E-state index contributed by atoms with van der Waals surface area (Å²) in [6.07, 6.45) is 0. The lowest BCUT2D eigenvalue weighted by atomic mass is 9.92. The molecule has 1 heteroatoms. The predicted molar refractivity (Wildman–Crippen MR) is 84.0 cm³/mol. The van der Waals surface area contributed by atoms with E-state index in [1.54, 1.807) is 0 Å². The van der Waals surface area contributed by atoms with Gasteiger partial charge in [-0.3, -0.25) is 4.98 Å². The van der Waals surface area contributed by atoms with Crippen molar-refractivity contribution in [3.8, 4) is 0 Å². The first-order chi connectivity index (χ1) is 8.90. The third kappa shape index (κ3) is 2.80. The van der Waals surface area contributed by atoms with Gasteiger partial charge < -0.3 is 0 Å². The van der Waals surface area contributed by atoms with Gasteiger partial charge in [0.1, 0.15) is 0 Å². The number of rotatable bonds is 3. The molecule has 0 aliphatic heterocycles. The molecule has 0 N–H and O–H groups in total. The molecular weight excluding hydrogens is 230 g/mol. The van der Waals surface area contributed by atoms with Crippen LogP contribution in [-0.4, -0.2) is 4.98 Å². The molecule has 0 aliphatic rings. The SMILES string of the molecule is CC(C)c1ccc2nc(C(C)C)c(C(C)C)cc2c1. The van der Waals surface area contributed by atoms with Crippen molar-refractivity contribution < 1.29 is 0 Å². The van der Waals surface area contributed by atoms with Crippen LogP contribution in [0, 0.1) is 0 Å². The Morgan fingerprint density at radius 2 is 1.47 bits per heavy atom. The Bertz CT molecular complexity index is 580. The summed E-state index contributed by atoms with van der Waals surface area (Å²) in [4.78, 5) is 4.90. The average Bonchev–Trinajstić information content (AvgIpc) is 2.36. The first-order valence-electron chi connectivity index (χ1n) is 7.34. The van der Waals surface area contributed by atoms with Crippen LogP contribution in [0.1, 0.15) is 76.1 Å². The van der Waals surface area contributed by atoms with Crippen LogP contribution < -0.4 is 0 Å². The molecule has 19 heavy (non-hydrogen) atoms. The van der Waals surface area contributed by atoms with E-state index in [9.17, 15) is 0 Å². The van der Waals surface area contributed by atoms with Gasteiger partial charge in [0.05, 0.1) is 5.52 Å². The minimum absolute atomic E-state index is 0.478. The van der Waals surface area contributed by atoms with Gasteiger partial charge in [0.2, 0.25) is 0 Å². The Morgan fingerprint density at radius 1 is 0.789 bits per heavy atom. The highest BCUT2D eigenvalue weighted by molar-refractivity contribution is 5.80. The van der Waals surface area contributed by atoms with E-state index in [4.69, 9.17) is 4.98 Å². The molecule has 0 spiro atoms. The molecule has 0 saturated heterocycles. The second-order valence-electron chi connectivity index (χ2n) is 6.38. The monoisotopic (exact) mass is 255 g/mol. The van der Waals surface area contributed by atoms with E-state index in [-0.39, 0.29) is 0 Å². The fraction of sp³-hybridized carbons (Fsp3) is 0.500. The van der Waals surface area contributed by atoms with Crippen LogP contribution in [0.15, 0.2) is 24.3 Å². The first kappa shape index (κ1) is 14.0. The van der Waals surface area contributed by atoms with Crippen molar-refractivity contribution >= 4 is 10.9 Å². The number of benzene rings is 1. The van der Waals surface area contributed by atoms with Crippen LogP contribution in [0.4, 0.5) is 0 Å². The Balaban J connectivity index is 2.67. The molecule has 0 bridgehead atoms. The minimum atomic E-state index is 0.478. The van der Waals surface area contributed by atoms with Crippen LogP contribution in [0.5, 0.6) is 0 Å². The number of hydrogen-bond donors (Lipinski definition) is 0. The van der Waals surface area contributed by atoms with Crippen molar-refractivity contribution in [3.63, 3.8) is 0 Å². The molecule has 1 nitrogen and oxygen atoms in total. The molecule has 2 rings (SSSR count). The molecule has 102 valence electrons. The molecule has 0 fully saturated rings. The van der Waals surface area contributed by atoms with Crippen LogP contribution in [0.3, 0.4) is 0 Å². The molecule has 0 atom stereocenters. The summed E-state index contributed by atoms with van der Waals surface area (Å²) in [6, 6.07) is 9.01. The van der Waals surface area contributed by atoms with Gasteiger partial charge in [0.25, 0.3) is 0 Å². The standard InChI is InChI=1S/C18H25N/c1-11(2)14-7-8-17-15(9-14)10-16(12(3)4)18(19-17)13(5)6/h7-13H,1-6H3. The molecule has 0 radical (unpaired) electrons. The van der Waals surface area contributed by atoms with Gasteiger partial charge in [-0.05, 0) is 47.1 Å².